The number of amides is 1. The van der Waals surface area contributed by atoms with Gasteiger partial charge in [0.15, 0.2) is 0 Å². The van der Waals surface area contributed by atoms with Gasteiger partial charge in [-0.25, -0.2) is 4.79 Å². The number of alkyl carbamates (subject to hydrolysis) is 1. The number of nitrogens with one attached hydrogen (secondary N) is 1. The van der Waals surface area contributed by atoms with Crippen LogP contribution in [-0.2, 0) is 9.47 Å². The molecule has 0 aromatic carbocycles. The fraction of sp³-hybridized carbons (Fsp3) is 0.857. The minimum absolute atomic E-state index is 0.180. The Bertz CT molecular complexity index is 165. The minimum Gasteiger partial charge on any atom is -0.453 e. The van der Waals surface area contributed by atoms with Crippen molar-refractivity contribution in [2.45, 2.75) is 12.0 Å². The largest absolute Gasteiger partial charge is 0.453 e. The standard InChI is InChI=1S/C7H13NO4/c1-11-6(9)8-4-7(10)2-3-12-5-7/h10H,2-5H2,1H3,(H,8,9). The molecule has 5 nitrogen and oxygen atoms in total. The SMILES string of the molecule is COC(=O)NCC1(O)CCOC1. The molecule has 1 aliphatic rings. The van der Waals surface area contributed by atoms with Crippen LogP contribution in [-0.4, -0.2) is 43.7 Å². The molecule has 0 radical (unpaired) electrons. The first kappa shape index (κ1) is 9.28. The van der Waals surface area contributed by atoms with Crippen LogP contribution in [0.25, 0.3) is 0 Å². The quantitative estimate of drug-likeness (QED) is 0.593. The number of aliphatic hydroxyl groups is 1. The lowest BCUT2D eigenvalue weighted by Gasteiger charge is -2.19. The summed E-state index contributed by atoms with van der Waals surface area (Å²) in [6.45, 7) is 0.996. The van der Waals surface area contributed by atoms with Crippen molar-refractivity contribution in [1.29, 1.82) is 0 Å². The Balaban J connectivity index is 2.25. The van der Waals surface area contributed by atoms with Gasteiger partial charge in [-0.1, -0.05) is 0 Å². The van der Waals surface area contributed by atoms with Gasteiger partial charge in [-0.05, 0) is 0 Å². The zero-order valence-corrected chi connectivity index (χ0v) is 7.00. The molecular weight excluding hydrogens is 162 g/mol. The van der Waals surface area contributed by atoms with Crippen LogP contribution in [0.15, 0.2) is 0 Å². The van der Waals surface area contributed by atoms with Crippen molar-refractivity contribution in [2.24, 2.45) is 0 Å². The van der Waals surface area contributed by atoms with E-state index in [0.717, 1.165) is 0 Å². The van der Waals surface area contributed by atoms with Crippen molar-refractivity contribution in [2.75, 3.05) is 26.9 Å². The van der Waals surface area contributed by atoms with Crippen molar-refractivity contribution in [1.82, 2.24) is 5.32 Å². The van der Waals surface area contributed by atoms with E-state index in [1.807, 2.05) is 0 Å². The summed E-state index contributed by atoms with van der Waals surface area (Å²) in [5, 5.41) is 12.1. The Labute approximate surface area is 70.7 Å². The highest BCUT2D eigenvalue weighted by molar-refractivity contribution is 5.66. The number of hydrogen-bond acceptors (Lipinski definition) is 4. The highest BCUT2D eigenvalue weighted by Gasteiger charge is 2.32. The van der Waals surface area contributed by atoms with Gasteiger partial charge in [0.05, 0.1) is 20.3 Å². The number of carbonyl (C=O) groups is 1. The topological polar surface area (TPSA) is 67.8 Å². The van der Waals surface area contributed by atoms with E-state index < -0.39 is 11.7 Å². The maximum Gasteiger partial charge on any atom is 0.406 e. The zero-order chi connectivity index (χ0) is 9.03. The summed E-state index contributed by atoms with van der Waals surface area (Å²) < 4.78 is 9.34. The van der Waals surface area contributed by atoms with Gasteiger partial charge in [-0.3, -0.25) is 0 Å². The summed E-state index contributed by atoms with van der Waals surface area (Å²) in [5.41, 5.74) is -0.909. The van der Waals surface area contributed by atoms with Crippen molar-refractivity contribution in [3.8, 4) is 0 Å². The second-order valence-corrected chi connectivity index (χ2v) is 2.87. The summed E-state index contributed by atoms with van der Waals surface area (Å²) in [5.74, 6) is 0. The molecule has 1 heterocycles. The van der Waals surface area contributed by atoms with Crippen molar-refractivity contribution in [3.05, 3.63) is 0 Å². The minimum atomic E-state index is -0.909. The molecule has 0 aromatic heterocycles. The Hall–Kier alpha value is -0.810. The first-order chi connectivity index (χ1) is 5.66. The smallest absolute Gasteiger partial charge is 0.406 e. The second kappa shape index (κ2) is 3.73. The molecule has 1 saturated heterocycles. The van der Waals surface area contributed by atoms with Gasteiger partial charge < -0.3 is 19.9 Å². The van der Waals surface area contributed by atoms with Gasteiger partial charge >= 0.3 is 6.09 Å². The lowest BCUT2D eigenvalue weighted by molar-refractivity contribution is 0.0268. The van der Waals surface area contributed by atoms with Crippen LogP contribution in [0, 0.1) is 0 Å². The van der Waals surface area contributed by atoms with E-state index in [1.165, 1.54) is 7.11 Å². The normalized spacial score (nSPS) is 28.5. The Morgan fingerprint density at radius 3 is 3.08 bits per heavy atom. The summed E-state index contributed by atoms with van der Waals surface area (Å²) in [6.07, 6.45) is 0.0205. The average Bonchev–Trinajstić information content (AvgIpc) is 2.49. The molecular formula is C7H13NO4. The van der Waals surface area contributed by atoms with Gasteiger partial charge in [0.25, 0.3) is 0 Å². The molecule has 1 fully saturated rings. The van der Waals surface area contributed by atoms with Crippen LogP contribution in [0.4, 0.5) is 4.79 Å². The monoisotopic (exact) mass is 175 g/mol. The van der Waals surface area contributed by atoms with Crippen LogP contribution in [0.5, 0.6) is 0 Å². The van der Waals surface area contributed by atoms with Gasteiger partial charge in [0, 0.05) is 13.0 Å². The molecule has 5 heteroatoms. The van der Waals surface area contributed by atoms with E-state index in [9.17, 15) is 9.90 Å². The van der Waals surface area contributed by atoms with E-state index in [-0.39, 0.29) is 13.2 Å². The van der Waals surface area contributed by atoms with E-state index in [4.69, 9.17) is 4.74 Å². The third-order valence-electron chi connectivity index (χ3n) is 1.83. The fourth-order valence-electron chi connectivity index (χ4n) is 1.04. The molecule has 1 aliphatic heterocycles. The number of carbonyl (C=O) groups excluding carboxylic acids is 1. The summed E-state index contributed by atoms with van der Waals surface area (Å²) in [4.78, 5) is 10.6. The number of rotatable bonds is 2. The molecule has 70 valence electrons. The molecule has 0 saturated carbocycles. The summed E-state index contributed by atoms with van der Waals surface area (Å²) in [6, 6.07) is 0. The third kappa shape index (κ3) is 2.35. The van der Waals surface area contributed by atoms with Gasteiger partial charge in [-0.15, -0.1) is 0 Å². The molecule has 1 atom stereocenters. The van der Waals surface area contributed by atoms with E-state index >= 15 is 0 Å². The zero-order valence-electron chi connectivity index (χ0n) is 7.00. The maximum absolute atomic E-state index is 10.6. The molecule has 0 aromatic rings. The van der Waals surface area contributed by atoms with Crippen molar-refractivity contribution in [3.63, 3.8) is 0 Å². The van der Waals surface area contributed by atoms with Gasteiger partial charge in [0.2, 0.25) is 0 Å². The van der Waals surface area contributed by atoms with Crippen LogP contribution >= 0.6 is 0 Å². The Kier molecular flexibility index (Phi) is 2.88. The number of methoxy groups -OCH3 is 1. The first-order valence-electron chi connectivity index (χ1n) is 3.78. The second-order valence-electron chi connectivity index (χ2n) is 2.87. The first-order valence-corrected chi connectivity index (χ1v) is 3.78. The lowest BCUT2D eigenvalue weighted by atomic mass is 10.0. The third-order valence-corrected chi connectivity index (χ3v) is 1.83. The molecule has 12 heavy (non-hydrogen) atoms. The van der Waals surface area contributed by atoms with Crippen LogP contribution < -0.4 is 5.32 Å². The Morgan fingerprint density at radius 1 is 1.83 bits per heavy atom. The lowest BCUT2D eigenvalue weighted by Crippen LogP contribution is -2.43. The Morgan fingerprint density at radius 2 is 2.58 bits per heavy atom. The fourth-order valence-corrected chi connectivity index (χ4v) is 1.04. The molecule has 1 rings (SSSR count). The van der Waals surface area contributed by atoms with Crippen molar-refractivity contribution >= 4 is 6.09 Å². The van der Waals surface area contributed by atoms with E-state index in [2.05, 4.69) is 10.1 Å². The molecule has 1 amide bonds. The van der Waals surface area contributed by atoms with Crippen LogP contribution in [0.3, 0.4) is 0 Å². The van der Waals surface area contributed by atoms with Gasteiger partial charge in [-0.2, -0.15) is 0 Å². The predicted octanol–water partition coefficient (Wildman–Crippen LogP) is -0.506. The van der Waals surface area contributed by atoms with Crippen molar-refractivity contribution < 1.29 is 19.4 Å². The molecule has 2 N–H and O–H groups in total. The molecule has 0 aliphatic carbocycles. The van der Waals surface area contributed by atoms with Crippen LogP contribution in [0.1, 0.15) is 6.42 Å². The number of ether oxygens (including phenoxy) is 2. The van der Waals surface area contributed by atoms with E-state index in [1.54, 1.807) is 0 Å². The molecule has 0 spiro atoms. The predicted molar refractivity (Wildman–Crippen MR) is 40.8 cm³/mol. The molecule has 1 unspecified atom stereocenters. The highest BCUT2D eigenvalue weighted by Crippen LogP contribution is 2.16. The number of hydrogen-bond donors (Lipinski definition) is 2. The summed E-state index contributed by atoms with van der Waals surface area (Å²) in [7, 11) is 1.28. The van der Waals surface area contributed by atoms with Crippen LogP contribution in [0.2, 0.25) is 0 Å². The van der Waals surface area contributed by atoms with E-state index in [0.29, 0.717) is 13.0 Å². The van der Waals surface area contributed by atoms with Gasteiger partial charge in [0.1, 0.15) is 5.60 Å². The highest BCUT2D eigenvalue weighted by atomic mass is 16.5. The maximum atomic E-state index is 10.6. The summed E-state index contributed by atoms with van der Waals surface area (Å²) >= 11 is 0. The average molecular weight is 175 g/mol. The molecule has 0 bridgehead atoms.